The molecule has 0 saturated carbocycles. The summed E-state index contributed by atoms with van der Waals surface area (Å²) in [5.74, 6) is 0. The quantitative estimate of drug-likeness (QED) is 0.350. The van der Waals surface area contributed by atoms with E-state index in [1.54, 1.807) is 0 Å². The maximum atomic E-state index is 2.33. The van der Waals surface area contributed by atoms with Crippen molar-refractivity contribution in [3.63, 3.8) is 0 Å². The van der Waals surface area contributed by atoms with Gasteiger partial charge in [0.25, 0.3) is 0 Å². The number of hydrogen-bond acceptors (Lipinski definition) is 0. The SMILES string of the molecule is CBc1ccc(C[PH](c2ccccc2)(c2ccccc2)c2ccccc2)cc1. The van der Waals surface area contributed by atoms with Gasteiger partial charge < -0.3 is 0 Å². The summed E-state index contributed by atoms with van der Waals surface area (Å²) in [5.41, 5.74) is 2.82. The van der Waals surface area contributed by atoms with Gasteiger partial charge in [-0.05, 0) is 0 Å². The number of benzene rings is 4. The zero-order valence-corrected chi connectivity index (χ0v) is 17.4. The molecular weight excluding hydrogens is 354 g/mol. The second kappa shape index (κ2) is 8.59. The van der Waals surface area contributed by atoms with Gasteiger partial charge in [0, 0.05) is 0 Å². The molecule has 0 fully saturated rings. The Morgan fingerprint density at radius 1 is 0.536 bits per heavy atom. The fraction of sp³-hybridized carbons (Fsp3) is 0.0769. The van der Waals surface area contributed by atoms with Crippen LogP contribution in [0.1, 0.15) is 5.56 Å². The van der Waals surface area contributed by atoms with Crippen LogP contribution in [0.2, 0.25) is 6.82 Å². The molecule has 0 spiro atoms. The summed E-state index contributed by atoms with van der Waals surface area (Å²) >= 11 is 0. The Labute approximate surface area is 169 Å². The normalized spacial score (nSPS) is 11.8. The van der Waals surface area contributed by atoms with Crippen LogP contribution in [-0.4, -0.2) is 7.28 Å². The Balaban J connectivity index is 1.95. The maximum absolute atomic E-state index is 2.33. The summed E-state index contributed by atoms with van der Waals surface area (Å²) in [6.07, 6.45) is 1.06. The van der Waals surface area contributed by atoms with Crippen LogP contribution in [0, 0.1) is 0 Å². The van der Waals surface area contributed by atoms with Crippen LogP contribution in [0.5, 0.6) is 0 Å². The molecule has 0 atom stereocenters. The van der Waals surface area contributed by atoms with Crippen molar-refractivity contribution in [1.29, 1.82) is 0 Å². The molecule has 2 heteroatoms. The molecule has 0 N–H and O–H groups in total. The first kappa shape index (κ1) is 18.7. The number of hydrogen-bond donors (Lipinski definition) is 0. The van der Waals surface area contributed by atoms with Crippen LogP contribution in [0.25, 0.3) is 0 Å². The van der Waals surface area contributed by atoms with Gasteiger partial charge in [0.1, 0.15) is 0 Å². The second-order valence-corrected chi connectivity index (χ2v) is 11.2. The van der Waals surface area contributed by atoms with Crippen molar-refractivity contribution < 1.29 is 0 Å². The average molecular weight is 380 g/mol. The molecule has 0 heterocycles. The number of rotatable bonds is 6. The minimum absolute atomic E-state index is 1.06. The van der Waals surface area contributed by atoms with Gasteiger partial charge in [-0.1, -0.05) is 0 Å². The van der Waals surface area contributed by atoms with Crippen LogP contribution in [-0.2, 0) is 6.16 Å². The summed E-state index contributed by atoms with van der Waals surface area (Å²) in [6, 6.07) is 42.6. The Morgan fingerprint density at radius 3 is 1.29 bits per heavy atom. The van der Waals surface area contributed by atoms with Gasteiger partial charge in [-0.25, -0.2) is 0 Å². The van der Waals surface area contributed by atoms with E-state index in [0.717, 1.165) is 13.4 Å². The second-order valence-electron chi connectivity index (χ2n) is 7.35. The van der Waals surface area contributed by atoms with Gasteiger partial charge in [0.05, 0.1) is 0 Å². The van der Waals surface area contributed by atoms with Gasteiger partial charge in [0.2, 0.25) is 0 Å². The van der Waals surface area contributed by atoms with Crippen LogP contribution in [0.15, 0.2) is 115 Å². The van der Waals surface area contributed by atoms with Gasteiger partial charge >= 0.3 is 170 Å². The van der Waals surface area contributed by atoms with Crippen molar-refractivity contribution in [2.45, 2.75) is 13.0 Å². The van der Waals surface area contributed by atoms with Crippen molar-refractivity contribution in [1.82, 2.24) is 0 Å². The molecule has 4 aromatic rings. The van der Waals surface area contributed by atoms with E-state index in [2.05, 4.69) is 122 Å². The van der Waals surface area contributed by atoms with E-state index in [1.165, 1.54) is 26.9 Å². The topological polar surface area (TPSA) is 0 Å². The van der Waals surface area contributed by atoms with Gasteiger partial charge in [-0.2, -0.15) is 0 Å². The van der Waals surface area contributed by atoms with Crippen molar-refractivity contribution >= 4 is 35.9 Å². The van der Waals surface area contributed by atoms with Gasteiger partial charge in [0.15, 0.2) is 0 Å². The van der Waals surface area contributed by atoms with Gasteiger partial charge in [-0.3, -0.25) is 0 Å². The molecule has 0 aliphatic rings. The fourth-order valence-electron chi connectivity index (χ4n) is 4.17. The predicted molar refractivity (Wildman–Crippen MR) is 129 cm³/mol. The first-order valence-corrected chi connectivity index (χ1v) is 12.3. The molecule has 0 amide bonds. The molecule has 0 unspecified atom stereocenters. The van der Waals surface area contributed by atoms with E-state index in [-0.39, 0.29) is 0 Å². The third-order valence-corrected chi connectivity index (χ3v) is 10.6. The van der Waals surface area contributed by atoms with Crippen molar-refractivity contribution in [3.8, 4) is 0 Å². The Bertz CT molecular complexity index is 900. The summed E-state index contributed by atoms with van der Waals surface area (Å²) < 4.78 is 0. The van der Waals surface area contributed by atoms with E-state index >= 15 is 0 Å². The van der Waals surface area contributed by atoms with E-state index in [0.29, 0.717) is 0 Å². The fourth-order valence-corrected chi connectivity index (χ4v) is 8.92. The Kier molecular flexibility index (Phi) is 5.74. The molecule has 0 radical (unpaired) electrons. The molecule has 0 aliphatic carbocycles. The third-order valence-electron chi connectivity index (χ3n) is 5.70. The van der Waals surface area contributed by atoms with Crippen LogP contribution >= 0.6 is 7.26 Å². The monoisotopic (exact) mass is 380 g/mol. The molecule has 0 saturated heterocycles. The average Bonchev–Trinajstić information content (AvgIpc) is 2.80. The van der Waals surface area contributed by atoms with E-state index in [9.17, 15) is 0 Å². The summed E-state index contributed by atoms with van der Waals surface area (Å²) in [4.78, 5) is 0. The van der Waals surface area contributed by atoms with Crippen molar-refractivity contribution in [2.24, 2.45) is 0 Å². The Hall–Kier alpha value is -2.63. The molecule has 0 aliphatic heterocycles. The van der Waals surface area contributed by atoms with E-state index < -0.39 is 7.26 Å². The van der Waals surface area contributed by atoms with Crippen molar-refractivity contribution in [2.75, 3.05) is 0 Å². The molecule has 4 rings (SSSR count). The molecular formula is C26H26BP. The zero-order chi connectivity index (χ0) is 19.2. The van der Waals surface area contributed by atoms with Crippen LogP contribution in [0.3, 0.4) is 0 Å². The first-order chi connectivity index (χ1) is 13.8. The molecule has 0 bridgehead atoms. The summed E-state index contributed by atoms with van der Waals surface area (Å²) in [7, 11) is -1.11. The predicted octanol–water partition coefficient (Wildman–Crippen LogP) is 4.02. The molecule has 138 valence electrons. The molecule has 0 aromatic heterocycles. The zero-order valence-electron chi connectivity index (χ0n) is 16.4. The van der Waals surface area contributed by atoms with Crippen molar-refractivity contribution in [3.05, 3.63) is 121 Å². The molecule has 4 aromatic carbocycles. The standard InChI is InChI=1S/C26H26BP/c1-27-23-19-17-22(18-20-23)21-28(24-11-5-2-6-12-24,25-13-7-3-8-14-25)26-15-9-4-10-16-26/h2-20,27-28H,21H2,1H3. The summed E-state index contributed by atoms with van der Waals surface area (Å²) in [6.45, 7) is 2.21. The van der Waals surface area contributed by atoms with E-state index in [4.69, 9.17) is 0 Å². The van der Waals surface area contributed by atoms with Crippen LogP contribution in [0.4, 0.5) is 0 Å². The Morgan fingerprint density at radius 2 is 0.929 bits per heavy atom. The first-order valence-electron chi connectivity index (χ1n) is 10.1. The summed E-state index contributed by atoms with van der Waals surface area (Å²) in [5, 5.41) is 4.39. The van der Waals surface area contributed by atoms with E-state index in [1.807, 2.05) is 0 Å². The molecule has 28 heavy (non-hydrogen) atoms. The third kappa shape index (κ3) is 3.68. The van der Waals surface area contributed by atoms with Gasteiger partial charge in [-0.15, -0.1) is 0 Å². The minimum atomic E-state index is -2.19. The molecule has 0 nitrogen and oxygen atoms in total. The van der Waals surface area contributed by atoms with Crippen LogP contribution < -0.4 is 21.4 Å².